The number of ether oxygens (including phenoxy) is 1. The van der Waals surface area contributed by atoms with Crippen LogP contribution in [-0.4, -0.2) is 29.3 Å². The van der Waals surface area contributed by atoms with Crippen molar-refractivity contribution in [2.75, 3.05) is 18.5 Å². The van der Waals surface area contributed by atoms with Crippen LogP contribution in [0.5, 0.6) is 0 Å². The van der Waals surface area contributed by atoms with Crippen LogP contribution < -0.4 is 5.32 Å². The lowest BCUT2D eigenvalue weighted by molar-refractivity contribution is 0.0697. The summed E-state index contributed by atoms with van der Waals surface area (Å²) in [7, 11) is 0. The maximum Gasteiger partial charge on any atom is 0.335 e. The van der Waals surface area contributed by atoms with Gasteiger partial charge in [-0.3, -0.25) is 4.98 Å². The van der Waals surface area contributed by atoms with E-state index in [0.717, 1.165) is 39.7 Å². The van der Waals surface area contributed by atoms with Gasteiger partial charge in [0, 0.05) is 27.9 Å². The number of fused-ring (bicyclic) bond motifs is 1. The van der Waals surface area contributed by atoms with E-state index >= 15 is 0 Å². The molecule has 0 aliphatic carbocycles. The maximum absolute atomic E-state index is 11.5. The predicted octanol–water partition coefficient (Wildman–Crippen LogP) is 5.44. The minimum absolute atomic E-state index is 0.241. The number of hydrogen-bond donors (Lipinski definition) is 2. The summed E-state index contributed by atoms with van der Waals surface area (Å²) in [6.07, 6.45) is 4.70. The zero-order chi connectivity index (χ0) is 19.7. The predicted molar refractivity (Wildman–Crippen MR) is 112 cm³/mol. The summed E-state index contributed by atoms with van der Waals surface area (Å²) in [5, 5.41) is 14.3. The monoisotopic (exact) mass is 394 g/mol. The van der Waals surface area contributed by atoms with E-state index in [1.54, 1.807) is 12.1 Å². The van der Waals surface area contributed by atoms with Crippen LogP contribution >= 0.6 is 11.6 Å². The normalized spacial score (nSPS) is 14.0. The molecular weight excluding hydrogens is 376 g/mol. The number of carboxylic acids is 1. The van der Waals surface area contributed by atoms with Gasteiger partial charge in [-0.05, 0) is 60.9 Å². The second-order valence-corrected chi connectivity index (χ2v) is 7.22. The lowest BCUT2D eigenvalue weighted by Gasteiger charge is -2.20. The zero-order valence-electron chi connectivity index (χ0n) is 15.3. The van der Waals surface area contributed by atoms with Crippen LogP contribution in [0.4, 0.5) is 11.4 Å². The number of aryl methyl sites for hydroxylation is 1. The highest BCUT2D eigenvalue weighted by atomic mass is 35.5. The van der Waals surface area contributed by atoms with E-state index in [1.807, 2.05) is 37.4 Å². The summed E-state index contributed by atoms with van der Waals surface area (Å²) in [6.45, 7) is 3.10. The van der Waals surface area contributed by atoms with Crippen LogP contribution in [0.25, 0.3) is 16.5 Å². The molecule has 0 radical (unpaired) electrons. The van der Waals surface area contributed by atoms with Crippen LogP contribution in [0.15, 0.2) is 48.7 Å². The van der Waals surface area contributed by atoms with Crippen molar-refractivity contribution in [1.29, 1.82) is 0 Å². The molecule has 2 N–H and O–H groups in total. The molecular formula is C22H19ClN2O3. The van der Waals surface area contributed by atoms with E-state index in [2.05, 4.69) is 16.4 Å². The average Bonchev–Trinajstić information content (AvgIpc) is 2.68. The van der Waals surface area contributed by atoms with Gasteiger partial charge in [0.25, 0.3) is 0 Å². The molecule has 142 valence electrons. The van der Waals surface area contributed by atoms with Gasteiger partial charge in [-0.15, -0.1) is 0 Å². The largest absolute Gasteiger partial charge is 0.478 e. The van der Waals surface area contributed by atoms with Crippen LogP contribution in [0, 0.1) is 6.92 Å². The molecule has 2 heterocycles. The Kier molecular flexibility index (Phi) is 5.03. The topological polar surface area (TPSA) is 71.5 Å². The number of anilines is 2. The number of nitrogens with zero attached hydrogens (tertiary/aromatic N) is 1. The van der Waals surface area contributed by atoms with Crippen LogP contribution in [-0.2, 0) is 4.74 Å². The Bertz CT molecular complexity index is 1110. The first-order valence-electron chi connectivity index (χ1n) is 8.99. The van der Waals surface area contributed by atoms with Crippen molar-refractivity contribution in [3.8, 4) is 0 Å². The summed E-state index contributed by atoms with van der Waals surface area (Å²) in [5.74, 6) is -0.957. The second kappa shape index (κ2) is 7.62. The Morgan fingerprint density at radius 3 is 2.86 bits per heavy atom. The Morgan fingerprint density at radius 1 is 1.25 bits per heavy atom. The molecule has 0 saturated carbocycles. The molecule has 1 aliphatic heterocycles. The highest BCUT2D eigenvalue weighted by Crippen LogP contribution is 2.36. The molecule has 0 bridgehead atoms. The molecule has 6 heteroatoms. The number of carboxylic acid groups (broad SMARTS) is 1. The van der Waals surface area contributed by atoms with Crippen LogP contribution in [0.3, 0.4) is 0 Å². The van der Waals surface area contributed by atoms with Crippen molar-refractivity contribution in [3.63, 3.8) is 0 Å². The number of pyridine rings is 1. The van der Waals surface area contributed by atoms with Crippen molar-refractivity contribution < 1.29 is 14.6 Å². The van der Waals surface area contributed by atoms with Crippen molar-refractivity contribution >= 4 is 45.4 Å². The summed E-state index contributed by atoms with van der Waals surface area (Å²) in [6, 6.07) is 10.8. The van der Waals surface area contributed by atoms with Crippen molar-refractivity contribution in [1.82, 2.24) is 4.98 Å². The number of nitrogens with one attached hydrogen (secondary N) is 1. The molecule has 5 nitrogen and oxygen atoms in total. The highest BCUT2D eigenvalue weighted by molar-refractivity contribution is 6.31. The molecule has 0 amide bonds. The third-order valence-corrected chi connectivity index (χ3v) is 4.97. The van der Waals surface area contributed by atoms with Gasteiger partial charge in [-0.2, -0.15) is 0 Å². The Balaban J connectivity index is 1.89. The van der Waals surface area contributed by atoms with E-state index < -0.39 is 5.97 Å². The number of aromatic carboxylic acids is 1. The minimum atomic E-state index is -0.957. The molecule has 1 aromatic heterocycles. The lowest BCUT2D eigenvalue weighted by atomic mass is 9.98. The summed E-state index contributed by atoms with van der Waals surface area (Å²) >= 11 is 6.26. The summed E-state index contributed by atoms with van der Waals surface area (Å²) < 4.78 is 5.44. The third-order valence-electron chi connectivity index (χ3n) is 4.73. The molecule has 4 rings (SSSR count). The molecule has 0 atom stereocenters. The van der Waals surface area contributed by atoms with E-state index in [9.17, 15) is 9.90 Å². The first-order valence-corrected chi connectivity index (χ1v) is 9.36. The molecule has 3 aromatic rings. The molecule has 0 fully saturated rings. The number of carbonyl (C=O) groups is 1. The van der Waals surface area contributed by atoms with Crippen LogP contribution in [0.2, 0.25) is 5.02 Å². The summed E-state index contributed by atoms with van der Waals surface area (Å²) in [4.78, 5) is 16.0. The lowest BCUT2D eigenvalue weighted by Crippen LogP contribution is -2.07. The fourth-order valence-electron chi connectivity index (χ4n) is 3.44. The molecule has 0 spiro atoms. The molecule has 28 heavy (non-hydrogen) atoms. The fourth-order valence-corrected chi connectivity index (χ4v) is 3.61. The molecule has 1 aliphatic rings. The molecule has 0 saturated heterocycles. The first-order chi connectivity index (χ1) is 13.5. The van der Waals surface area contributed by atoms with Gasteiger partial charge in [-0.25, -0.2) is 4.79 Å². The smallest absolute Gasteiger partial charge is 0.335 e. The average molecular weight is 395 g/mol. The maximum atomic E-state index is 11.5. The van der Waals surface area contributed by atoms with Gasteiger partial charge >= 0.3 is 5.97 Å². The highest BCUT2D eigenvalue weighted by Gasteiger charge is 2.16. The SMILES string of the molecule is Cc1cc(Nc2c(C3=CCOCC3)cnc3ccc(Cl)cc23)cc(C(=O)O)c1. The quantitative estimate of drug-likeness (QED) is 0.616. The number of halogens is 1. The van der Waals surface area contributed by atoms with Gasteiger partial charge in [0.15, 0.2) is 0 Å². The Morgan fingerprint density at radius 2 is 2.11 bits per heavy atom. The third kappa shape index (κ3) is 3.72. The van der Waals surface area contributed by atoms with Gasteiger partial charge in [0.1, 0.15) is 0 Å². The van der Waals surface area contributed by atoms with E-state index in [0.29, 0.717) is 23.9 Å². The van der Waals surface area contributed by atoms with Crippen LogP contribution in [0.1, 0.15) is 27.9 Å². The molecule has 2 aromatic carbocycles. The Labute approximate surface area is 167 Å². The van der Waals surface area contributed by atoms with E-state index in [1.165, 1.54) is 0 Å². The number of benzene rings is 2. The van der Waals surface area contributed by atoms with Gasteiger partial charge < -0.3 is 15.2 Å². The van der Waals surface area contributed by atoms with Crippen molar-refractivity contribution in [3.05, 3.63) is 70.4 Å². The van der Waals surface area contributed by atoms with Crippen molar-refractivity contribution in [2.24, 2.45) is 0 Å². The number of aromatic nitrogens is 1. The van der Waals surface area contributed by atoms with E-state index in [4.69, 9.17) is 16.3 Å². The van der Waals surface area contributed by atoms with Gasteiger partial charge in [0.05, 0.1) is 30.0 Å². The summed E-state index contributed by atoms with van der Waals surface area (Å²) in [5.41, 5.74) is 5.61. The Hall–Kier alpha value is -2.89. The van der Waals surface area contributed by atoms with Crippen molar-refractivity contribution in [2.45, 2.75) is 13.3 Å². The minimum Gasteiger partial charge on any atom is -0.478 e. The van der Waals surface area contributed by atoms with Gasteiger partial charge in [-0.1, -0.05) is 17.7 Å². The molecule has 0 unspecified atom stereocenters. The first kappa shape index (κ1) is 18.5. The van der Waals surface area contributed by atoms with E-state index in [-0.39, 0.29) is 5.56 Å². The standard InChI is InChI=1S/C22H19ClN2O3/c1-13-8-15(22(26)27)10-17(9-13)25-21-18-11-16(23)2-3-20(18)24-12-19(21)14-4-6-28-7-5-14/h2-4,8-12H,5-7H2,1H3,(H,24,25)(H,26,27). The number of hydrogen-bond acceptors (Lipinski definition) is 4. The van der Waals surface area contributed by atoms with Gasteiger partial charge in [0.2, 0.25) is 0 Å². The number of rotatable bonds is 4. The zero-order valence-corrected chi connectivity index (χ0v) is 16.1. The second-order valence-electron chi connectivity index (χ2n) is 6.78. The fraction of sp³-hybridized carbons (Fsp3) is 0.182.